The number of nitrogens with zero attached hydrogens (tertiary/aromatic N) is 2. The van der Waals surface area contributed by atoms with Crippen LogP contribution in [0.2, 0.25) is 0 Å². The first-order valence-corrected chi connectivity index (χ1v) is 5.96. The van der Waals surface area contributed by atoms with Gasteiger partial charge in [-0.25, -0.2) is 8.42 Å². The van der Waals surface area contributed by atoms with E-state index < -0.39 is 15.3 Å². The minimum atomic E-state index is -3.82. The Kier molecular flexibility index (Phi) is 4.01. The molecule has 6 heteroatoms. The van der Waals surface area contributed by atoms with Crippen LogP contribution in [0.3, 0.4) is 0 Å². The van der Waals surface area contributed by atoms with Gasteiger partial charge in [-0.3, -0.25) is 0 Å². The number of benzene rings is 1. The van der Waals surface area contributed by atoms with Crippen molar-refractivity contribution in [3.05, 3.63) is 35.9 Å². The van der Waals surface area contributed by atoms with Gasteiger partial charge in [-0.05, 0) is 5.56 Å². The molecule has 0 amide bonds. The van der Waals surface area contributed by atoms with Gasteiger partial charge in [-0.15, -0.1) is 0 Å². The molecule has 0 aliphatic rings. The van der Waals surface area contributed by atoms with E-state index in [2.05, 4.69) is 0 Å². The van der Waals surface area contributed by atoms with Crippen LogP contribution in [0.4, 0.5) is 0 Å². The van der Waals surface area contributed by atoms with E-state index in [1.165, 1.54) is 0 Å². The molecule has 0 radical (unpaired) electrons. The highest BCUT2D eigenvalue weighted by atomic mass is 32.2. The van der Waals surface area contributed by atoms with Crippen molar-refractivity contribution in [3.63, 3.8) is 0 Å². The molecule has 5 nitrogen and oxygen atoms in total. The van der Waals surface area contributed by atoms with Crippen LogP contribution in [0.1, 0.15) is 10.8 Å². The van der Waals surface area contributed by atoms with Crippen molar-refractivity contribution in [1.29, 1.82) is 10.5 Å². The van der Waals surface area contributed by atoms with Crippen LogP contribution < -0.4 is 4.72 Å². The van der Waals surface area contributed by atoms with Crippen LogP contribution in [0.25, 0.3) is 0 Å². The van der Waals surface area contributed by atoms with Crippen molar-refractivity contribution in [1.82, 2.24) is 4.72 Å². The number of hydrogen-bond donors (Lipinski definition) is 1. The molecule has 0 aliphatic heterocycles. The van der Waals surface area contributed by atoms with Crippen molar-refractivity contribution in [2.24, 2.45) is 0 Å². The lowest BCUT2D eigenvalue weighted by atomic mass is 10.2. The lowest BCUT2D eigenvalue weighted by molar-refractivity contribution is 0.580. The molecule has 0 saturated heterocycles. The minimum Gasteiger partial charge on any atom is -0.211 e. The van der Waals surface area contributed by atoms with E-state index in [9.17, 15) is 8.42 Å². The zero-order valence-electron chi connectivity index (χ0n) is 8.29. The molecule has 0 saturated carbocycles. The Bertz CT molecular complexity index is 525. The first-order valence-electron chi connectivity index (χ1n) is 4.42. The van der Waals surface area contributed by atoms with Crippen LogP contribution in [0.5, 0.6) is 0 Å². The van der Waals surface area contributed by atoms with E-state index in [1.54, 1.807) is 42.5 Å². The van der Waals surface area contributed by atoms with Crippen LogP contribution >= 0.6 is 0 Å². The van der Waals surface area contributed by atoms with Gasteiger partial charge in [0.1, 0.15) is 0 Å². The molecule has 1 atom stereocenters. The maximum Gasteiger partial charge on any atom is 0.233 e. The van der Waals surface area contributed by atoms with Crippen LogP contribution in [-0.2, 0) is 10.0 Å². The van der Waals surface area contributed by atoms with Gasteiger partial charge in [0, 0.05) is 0 Å². The summed E-state index contributed by atoms with van der Waals surface area (Å²) in [5.74, 6) is 0. The number of nitrogens with one attached hydrogen (secondary N) is 1. The summed E-state index contributed by atoms with van der Waals surface area (Å²) >= 11 is 0. The molecule has 0 fully saturated rings. The summed E-state index contributed by atoms with van der Waals surface area (Å²) in [5.41, 5.74) is 0.385. The zero-order valence-corrected chi connectivity index (χ0v) is 9.11. The Labute approximate surface area is 94.0 Å². The predicted octanol–water partition coefficient (Wildman–Crippen LogP) is 0.694. The molecule has 1 unspecified atom stereocenters. The molecule has 0 spiro atoms. The fourth-order valence-corrected chi connectivity index (χ4v) is 2.25. The van der Waals surface area contributed by atoms with Gasteiger partial charge < -0.3 is 0 Å². The summed E-state index contributed by atoms with van der Waals surface area (Å²) in [6.07, 6.45) is 0. The summed E-state index contributed by atoms with van der Waals surface area (Å²) in [6.45, 7) is -0.340. The fourth-order valence-electron chi connectivity index (χ4n) is 1.17. The largest absolute Gasteiger partial charge is 0.233 e. The third-order valence-electron chi connectivity index (χ3n) is 1.88. The number of hydrogen-bond acceptors (Lipinski definition) is 4. The summed E-state index contributed by atoms with van der Waals surface area (Å²) in [6, 6.07) is 11.5. The van der Waals surface area contributed by atoms with E-state index in [0.717, 1.165) is 0 Å². The molecule has 1 rings (SSSR count). The molecule has 1 aromatic rings. The molecule has 1 N–H and O–H groups in total. The zero-order chi connectivity index (χ0) is 12.0. The monoisotopic (exact) mass is 235 g/mol. The molecule has 0 aliphatic carbocycles. The Balaban J connectivity index is 3.02. The molecule has 16 heavy (non-hydrogen) atoms. The van der Waals surface area contributed by atoms with Crippen molar-refractivity contribution < 1.29 is 8.42 Å². The second-order valence-corrected chi connectivity index (χ2v) is 4.79. The molecule has 0 heterocycles. The third kappa shape index (κ3) is 2.80. The number of nitriles is 2. The number of sulfonamides is 1. The van der Waals surface area contributed by atoms with Gasteiger partial charge in [-0.1, -0.05) is 30.3 Å². The molecule has 1 aromatic carbocycles. The molecule has 0 bridgehead atoms. The first-order chi connectivity index (χ1) is 7.61. The highest BCUT2D eigenvalue weighted by Crippen LogP contribution is 2.19. The van der Waals surface area contributed by atoms with Crippen LogP contribution in [-0.4, -0.2) is 15.0 Å². The molecule has 82 valence electrons. The highest BCUT2D eigenvalue weighted by molar-refractivity contribution is 7.90. The van der Waals surface area contributed by atoms with Crippen LogP contribution in [0.15, 0.2) is 30.3 Å². The smallest absolute Gasteiger partial charge is 0.211 e. The van der Waals surface area contributed by atoms with Gasteiger partial charge in [0.15, 0.2) is 5.25 Å². The van der Waals surface area contributed by atoms with E-state index in [0.29, 0.717) is 5.56 Å². The third-order valence-corrected chi connectivity index (χ3v) is 3.43. The Morgan fingerprint density at radius 1 is 1.25 bits per heavy atom. The summed E-state index contributed by atoms with van der Waals surface area (Å²) in [5, 5.41) is 15.9. The van der Waals surface area contributed by atoms with Crippen molar-refractivity contribution in [3.8, 4) is 12.1 Å². The van der Waals surface area contributed by atoms with Gasteiger partial charge in [0.25, 0.3) is 0 Å². The Morgan fingerprint density at radius 3 is 2.38 bits per heavy atom. The lowest BCUT2D eigenvalue weighted by Gasteiger charge is -2.09. The maximum absolute atomic E-state index is 11.6. The lowest BCUT2D eigenvalue weighted by Crippen LogP contribution is -2.28. The van der Waals surface area contributed by atoms with Gasteiger partial charge in [0.05, 0.1) is 18.7 Å². The van der Waals surface area contributed by atoms with Crippen molar-refractivity contribution in [2.45, 2.75) is 5.25 Å². The fraction of sp³-hybridized carbons (Fsp3) is 0.200. The van der Waals surface area contributed by atoms with E-state index in [4.69, 9.17) is 10.5 Å². The second kappa shape index (κ2) is 5.26. The summed E-state index contributed by atoms with van der Waals surface area (Å²) in [4.78, 5) is 0. The highest BCUT2D eigenvalue weighted by Gasteiger charge is 2.26. The molecular weight excluding hydrogens is 226 g/mol. The minimum absolute atomic E-state index is 0.340. The topological polar surface area (TPSA) is 93.8 Å². The van der Waals surface area contributed by atoms with E-state index >= 15 is 0 Å². The average Bonchev–Trinajstić information content (AvgIpc) is 2.28. The summed E-state index contributed by atoms with van der Waals surface area (Å²) in [7, 11) is -3.82. The van der Waals surface area contributed by atoms with Gasteiger partial charge in [0.2, 0.25) is 10.0 Å². The van der Waals surface area contributed by atoms with Crippen molar-refractivity contribution >= 4 is 10.0 Å². The Morgan fingerprint density at radius 2 is 1.88 bits per heavy atom. The van der Waals surface area contributed by atoms with Gasteiger partial charge in [-0.2, -0.15) is 15.2 Å². The van der Waals surface area contributed by atoms with Crippen LogP contribution in [0, 0.1) is 22.7 Å². The Hall–Kier alpha value is -1.89. The predicted molar refractivity (Wildman–Crippen MR) is 57.3 cm³/mol. The standard InChI is InChI=1S/C10H9N3O2S/c11-6-7-13-16(14,15)10(8-12)9-4-2-1-3-5-9/h1-5,10,13H,7H2. The average molecular weight is 235 g/mol. The van der Waals surface area contributed by atoms with Crippen molar-refractivity contribution in [2.75, 3.05) is 6.54 Å². The van der Waals surface area contributed by atoms with E-state index in [-0.39, 0.29) is 6.54 Å². The second-order valence-electron chi connectivity index (χ2n) is 2.94. The van der Waals surface area contributed by atoms with E-state index in [1.807, 2.05) is 4.72 Å². The molecule has 0 aromatic heterocycles. The first kappa shape index (κ1) is 12.2. The normalized spacial score (nSPS) is 12.4. The maximum atomic E-state index is 11.6. The number of rotatable bonds is 4. The summed E-state index contributed by atoms with van der Waals surface area (Å²) < 4.78 is 25.3. The SMILES string of the molecule is N#CCNS(=O)(=O)C(C#N)c1ccccc1. The molecular formula is C10H9N3O2S. The quantitative estimate of drug-likeness (QED) is 0.777. The van der Waals surface area contributed by atoms with Gasteiger partial charge >= 0.3 is 0 Å².